The molecule has 1 rings (SSSR count). The highest BCUT2D eigenvalue weighted by atomic mass is 16.3. The molecule has 1 amide bonds. The Balaban J connectivity index is 2.48. The highest BCUT2D eigenvalue weighted by Crippen LogP contribution is 2.27. The van der Waals surface area contributed by atoms with Crippen LogP contribution in [0.2, 0.25) is 0 Å². The Morgan fingerprint density at radius 3 is 2.47 bits per heavy atom. The van der Waals surface area contributed by atoms with Gasteiger partial charge >= 0.3 is 0 Å². The van der Waals surface area contributed by atoms with Crippen LogP contribution in [0.4, 0.5) is 0 Å². The van der Waals surface area contributed by atoms with Crippen molar-refractivity contribution in [3.63, 3.8) is 0 Å². The summed E-state index contributed by atoms with van der Waals surface area (Å²) in [5.41, 5.74) is -1.50. The zero-order valence-corrected chi connectivity index (χ0v) is 12.2. The minimum atomic E-state index is -0.827. The maximum Gasteiger partial charge on any atom is 0.235 e. The Morgan fingerprint density at radius 1 is 1.42 bits per heavy atom. The van der Waals surface area contributed by atoms with Crippen molar-refractivity contribution >= 4 is 5.91 Å². The largest absolute Gasteiger partial charge is 0.389 e. The Bertz CT molecular complexity index is 349. The van der Waals surface area contributed by atoms with Crippen molar-refractivity contribution in [1.82, 2.24) is 10.2 Å². The number of hydrogen-bond donors (Lipinski definition) is 2. The molecule has 0 bridgehead atoms. The lowest BCUT2D eigenvalue weighted by atomic mass is 9.83. The second-order valence-corrected chi connectivity index (χ2v) is 6.29. The second-order valence-electron chi connectivity index (χ2n) is 6.29. The van der Waals surface area contributed by atoms with Gasteiger partial charge in [-0.3, -0.25) is 9.69 Å². The van der Waals surface area contributed by atoms with E-state index in [1.54, 1.807) is 25.8 Å². The maximum absolute atomic E-state index is 12.0. The van der Waals surface area contributed by atoms with Crippen LogP contribution in [-0.2, 0) is 4.79 Å². The highest BCUT2D eigenvalue weighted by Gasteiger charge is 2.33. The molecule has 0 heterocycles. The van der Waals surface area contributed by atoms with E-state index in [0.717, 1.165) is 32.1 Å². The molecule has 19 heavy (non-hydrogen) atoms. The lowest BCUT2D eigenvalue weighted by Crippen LogP contribution is -2.52. The van der Waals surface area contributed by atoms with Gasteiger partial charge in [-0.15, -0.1) is 0 Å². The fraction of sp³-hybridized carbons (Fsp3) is 0.857. The number of rotatable bonds is 5. The summed E-state index contributed by atoms with van der Waals surface area (Å²) in [4.78, 5) is 13.8. The minimum absolute atomic E-state index is 0.143. The van der Waals surface area contributed by atoms with Crippen LogP contribution in [0.15, 0.2) is 0 Å². The van der Waals surface area contributed by atoms with E-state index in [9.17, 15) is 15.2 Å². The van der Waals surface area contributed by atoms with Gasteiger partial charge in [-0.05, 0) is 33.7 Å². The quantitative estimate of drug-likeness (QED) is 0.780. The van der Waals surface area contributed by atoms with E-state index in [1.807, 2.05) is 0 Å². The number of amides is 1. The van der Waals surface area contributed by atoms with Crippen LogP contribution >= 0.6 is 0 Å². The molecular formula is C14H25N3O2. The Morgan fingerprint density at radius 2 is 2.00 bits per heavy atom. The normalized spacial score (nSPS) is 18.9. The second kappa shape index (κ2) is 6.36. The predicted molar refractivity (Wildman–Crippen MR) is 73.4 cm³/mol. The van der Waals surface area contributed by atoms with Gasteiger partial charge in [0.25, 0.3) is 0 Å². The van der Waals surface area contributed by atoms with Gasteiger partial charge in [-0.1, -0.05) is 19.3 Å². The van der Waals surface area contributed by atoms with Gasteiger partial charge in [0, 0.05) is 6.54 Å². The molecule has 0 radical (unpaired) electrons. The average molecular weight is 267 g/mol. The van der Waals surface area contributed by atoms with Crippen molar-refractivity contribution < 1.29 is 9.90 Å². The van der Waals surface area contributed by atoms with Crippen molar-refractivity contribution in [2.75, 3.05) is 20.1 Å². The molecule has 1 aliphatic carbocycles. The molecule has 5 heteroatoms. The predicted octanol–water partition coefficient (Wildman–Crippen LogP) is 1.03. The van der Waals surface area contributed by atoms with E-state index in [-0.39, 0.29) is 12.5 Å². The molecule has 1 aliphatic rings. The molecule has 0 aliphatic heterocycles. The Kier molecular flexibility index (Phi) is 5.33. The smallest absolute Gasteiger partial charge is 0.235 e. The molecule has 5 nitrogen and oxygen atoms in total. The molecule has 0 atom stereocenters. The molecule has 1 fully saturated rings. The van der Waals surface area contributed by atoms with Crippen LogP contribution in [0.25, 0.3) is 0 Å². The number of nitriles is 1. The number of nitrogens with zero attached hydrogens (tertiary/aromatic N) is 2. The molecule has 0 unspecified atom stereocenters. The van der Waals surface area contributed by atoms with E-state index in [1.165, 1.54) is 0 Å². The number of likely N-dealkylation sites (N-methyl/N-ethyl adjacent to an activating group) is 1. The van der Waals surface area contributed by atoms with Gasteiger partial charge < -0.3 is 10.4 Å². The van der Waals surface area contributed by atoms with Gasteiger partial charge in [0.1, 0.15) is 5.54 Å². The van der Waals surface area contributed by atoms with Crippen molar-refractivity contribution in [2.45, 2.75) is 57.1 Å². The number of nitrogens with one attached hydrogen (secondary N) is 1. The number of hydrogen-bond acceptors (Lipinski definition) is 4. The van der Waals surface area contributed by atoms with E-state index >= 15 is 0 Å². The molecule has 0 aromatic heterocycles. The number of carbonyl (C=O) groups is 1. The number of carbonyl (C=O) groups excluding carboxylic acids is 1. The first-order valence-electron chi connectivity index (χ1n) is 6.90. The summed E-state index contributed by atoms with van der Waals surface area (Å²) in [5.74, 6) is -0.143. The van der Waals surface area contributed by atoms with Crippen molar-refractivity contribution in [3.8, 4) is 6.07 Å². The molecule has 108 valence electrons. The van der Waals surface area contributed by atoms with Gasteiger partial charge in [0.05, 0.1) is 18.2 Å². The molecule has 1 saturated carbocycles. The molecule has 0 spiro atoms. The van der Waals surface area contributed by atoms with Gasteiger partial charge in [0.2, 0.25) is 5.91 Å². The summed E-state index contributed by atoms with van der Waals surface area (Å²) >= 11 is 0. The zero-order valence-electron chi connectivity index (χ0n) is 12.2. The molecule has 0 saturated heterocycles. The third kappa shape index (κ3) is 5.58. The third-order valence-corrected chi connectivity index (χ3v) is 3.37. The van der Waals surface area contributed by atoms with E-state index in [4.69, 9.17) is 0 Å². The van der Waals surface area contributed by atoms with Crippen LogP contribution in [0.1, 0.15) is 46.0 Å². The summed E-state index contributed by atoms with van der Waals surface area (Å²) < 4.78 is 0. The fourth-order valence-corrected chi connectivity index (χ4v) is 2.69. The van der Waals surface area contributed by atoms with E-state index in [0.29, 0.717) is 6.54 Å². The van der Waals surface area contributed by atoms with Gasteiger partial charge in [0.15, 0.2) is 0 Å². The zero-order chi connectivity index (χ0) is 14.5. The van der Waals surface area contributed by atoms with E-state index < -0.39 is 11.1 Å². The number of aliphatic hydroxyl groups is 1. The first kappa shape index (κ1) is 15.9. The van der Waals surface area contributed by atoms with E-state index in [2.05, 4.69) is 11.4 Å². The SMILES string of the molecule is CN(CC(=O)NC1(C#N)CCCCC1)CC(C)(C)O. The van der Waals surface area contributed by atoms with Crippen molar-refractivity contribution in [1.29, 1.82) is 5.26 Å². The average Bonchev–Trinajstić information content (AvgIpc) is 2.27. The fourth-order valence-electron chi connectivity index (χ4n) is 2.69. The first-order chi connectivity index (χ1) is 8.76. The van der Waals surface area contributed by atoms with Gasteiger partial charge in [-0.25, -0.2) is 0 Å². The Labute approximate surface area is 115 Å². The van der Waals surface area contributed by atoms with Crippen LogP contribution in [0, 0.1) is 11.3 Å². The lowest BCUT2D eigenvalue weighted by molar-refractivity contribution is -0.124. The van der Waals surface area contributed by atoms with Gasteiger partial charge in [-0.2, -0.15) is 5.26 Å². The summed E-state index contributed by atoms with van der Waals surface area (Å²) in [6.45, 7) is 4.03. The highest BCUT2D eigenvalue weighted by molar-refractivity contribution is 5.79. The monoisotopic (exact) mass is 267 g/mol. The molecule has 0 aromatic carbocycles. The van der Waals surface area contributed by atoms with Crippen LogP contribution in [0.3, 0.4) is 0 Å². The first-order valence-corrected chi connectivity index (χ1v) is 6.90. The van der Waals surface area contributed by atoms with Crippen molar-refractivity contribution in [3.05, 3.63) is 0 Å². The molecule has 2 N–H and O–H groups in total. The molecular weight excluding hydrogens is 242 g/mol. The summed E-state index contributed by atoms with van der Waals surface area (Å²) in [6, 6.07) is 2.27. The lowest BCUT2D eigenvalue weighted by Gasteiger charge is -2.32. The van der Waals surface area contributed by atoms with Crippen molar-refractivity contribution in [2.24, 2.45) is 0 Å². The maximum atomic E-state index is 12.0. The minimum Gasteiger partial charge on any atom is -0.389 e. The summed E-state index contributed by atoms with van der Waals surface area (Å²) in [7, 11) is 1.79. The molecule has 0 aromatic rings. The topological polar surface area (TPSA) is 76.4 Å². The Hall–Kier alpha value is -1.12. The van der Waals surface area contributed by atoms with Crippen LogP contribution in [-0.4, -0.2) is 47.2 Å². The third-order valence-electron chi connectivity index (χ3n) is 3.37. The van der Waals surface area contributed by atoms with Crippen LogP contribution < -0.4 is 5.32 Å². The summed E-state index contributed by atoms with van der Waals surface area (Å²) in [6.07, 6.45) is 4.60. The standard InChI is InChI=1S/C14H25N3O2/c1-13(2,19)11-17(3)9-12(18)16-14(10-15)7-5-4-6-8-14/h19H,4-9,11H2,1-3H3,(H,16,18). The van der Waals surface area contributed by atoms with Crippen LogP contribution in [0.5, 0.6) is 0 Å². The summed E-state index contributed by atoms with van der Waals surface area (Å²) in [5, 5.41) is 21.9.